The summed E-state index contributed by atoms with van der Waals surface area (Å²) in [6.45, 7) is 1.82. The van der Waals surface area contributed by atoms with Crippen molar-refractivity contribution in [2.75, 3.05) is 26.2 Å². The molecule has 2 N–H and O–H groups in total. The van der Waals surface area contributed by atoms with Crippen LogP contribution in [0.4, 0.5) is 4.39 Å². The molecule has 0 bridgehead atoms. The number of carbonyl (C=O) groups excluding carboxylic acids is 1. The van der Waals surface area contributed by atoms with E-state index in [0.717, 1.165) is 6.42 Å². The van der Waals surface area contributed by atoms with Gasteiger partial charge in [0.25, 0.3) is 5.91 Å². The van der Waals surface area contributed by atoms with Crippen molar-refractivity contribution >= 4 is 34.2 Å². The molecule has 2 rings (SSSR count). The molecule has 1 amide bonds. The topological polar surface area (TPSA) is 55.6 Å². The van der Waals surface area contributed by atoms with Crippen molar-refractivity contribution in [3.8, 4) is 5.75 Å². The maximum absolute atomic E-state index is 13.5. The van der Waals surface area contributed by atoms with Crippen molar-refractivity contribution in [2.45, 2.75) is 6.42 Å². The highest BCUT2D eigenvalue weighted by Gasteiger charge is 2.25. The minimum Gasteiger partial charge on any atom is -0.481 e. The Labute approximate surface area is 132 Å². The van der Waals surface area contributed by atoms with E-state index in [1.807, 2.05) is 0 Å². The smallest absolute Gasteiger partial charge is 0.260 e. The molecule has 20 heavy (non-hydrogen) atoms. The Hall–Kier alpha value is -0.850. The summed E-state index contributed by atoms with van der Waals surface area (Å²) in [4.78, 5) is 13.6. The third kappa shape index (κ3) is 4.33. The van der Waals surface area contributed by atoms with Crippen LogP contribution in [0.25, 0.3) is 0 Å². The lowest BCUT2D eigenvalue weighted by Gasteiger charge is -2.16. The quantitative estimate of drug-likeness (QED) is 0.887. The maximum atomic E-state index is 13.5. The summed E-state index contributed by atoms with van der Waals surface area (Å²) in [5.74, 6) is -0.152. The summed E-state index contributed by atoms with van der Waals surface area (Å²) < 4.78 is 19.3. The second-order valence-corrected chi connectivity index (χ2v) is 5.51. The Balaban J connectivity index is 0.00000200. The van der Waals surface area contributed by atoms with Gasteiger partial charge in [0.15, 0.2) is 18.2 Å². The third-order valence-corrected chi connectivity index (χ3v) is 3.71. The average Bonchev–Trinajstić information content (AvgIpc) is 2.86. The van der Waals surface area contributed by atoms with E-state index in [1.165, 1.54) is 12.1 Å². The van der Waals surface area contributed by atoms with Crippen molar-refractivity contribution in [3.63, 3.8) is 0 Å². The van der Waals surface area contributed by atoms with Crippen LogP contribution in [0.2, 0.25) is 0 Å². The monoisotopic (exact) mass is 366 g/mol. The van der Waals surface area contributed by atoms with Crippen LogP contribution in [-0.2, 0) is 4.79 Å². The van der Waals surface area contributed by atoms with E-state index >= 15 is 0 Å². The van der Waals surface area contributed by atoms with Gasteiger partial charge in [0.1, 0.15) is 0 Å². The van der Waals surface area contributed by atoms with Gasteiger partial charge in [0.05, 0.1) is 0 Å². The molecule has 1 heterocycles. The van der Waals surface area contributed by atoms with E-state index in [0.29, 0.717) is 30.0 Å². The zero-order valence-corrected chi connectivity index (χ0v) is 13.3. The fourth-order valence-electron chi connectivity index (χ4n) is 2.07. The fraction of sp³-hybridized carbons (Fsp3) is 0.462. The molecular formula is C13H17BrClFN2O2. The highest BCUT2D eigenvalue weighted by Crippen LogP contribution is 2.22. The largest absolute Gasteiger partial charge is 0.481 e. The van der Waals surface area contributed by atoms with Gasteiger partial charge in [-0.3, -0.25) is 4.79 Å². The van der Waals surface area contributed by atoms with Gasteiger partial charge in [-0.2, -0.15) is 0 Å². The molecule has 0 saturated carbocycles. The van der Waals surface area contributed by atoms with Gasteiger partial charge in [-0.1, -0.05) is 15.9 Å². The van der Waals surface area contributed by atoms with Crippen molar-refractivity contribution < 1.29 is 13.9 Å². The highest BCUT2D eigenvalue weighted by molar-refractivity contribution is 9.10. The average molecular weight is 368 g/mol. The number of hydrogen-bond acceptors (Lipinski definition) is 3. The van der Waals surface area contributed by atoms with Crippen LogP contribution in [0.5, 0.6) is 5.75 Å². The molecule has 1 aliphatic rings. The number of likely N-dealkylation sites (tertiary alicyclic amines) is 1. The molecule has 112 valence electrons. The third-order valence-electron chi connectivity index (χ3n) is 3.22. The number of ether oxygens (including phenoxy) is 1. The molecule has 1 aromatic rings. The Kier molecular flexibility index (Phi) is 6.71. The summed E-state index contributed by atoms with van der Waals surface area (Å²) in [7, 11) is 0. The zero-order chi connectivity index (χ0) is 13.8. The lowest BCUT2D eigenvalue weighted by Crippen LogP contribution is -2.33. The van der Waals surface area contributed by atoms with Crippen LogP contribution in [0.1, 0.15) is 6.42 Å². The first-order valence-corrected chi connectivity index (χ1v) is 6.95. The Bertz CT molecular complexity index is 476. The number of halogens is 3. The van der Waals surface area contributed by atoms with Crippen LogP contribution >= 0.6 is 28.3 Å². The van der Waals surface area contributed by atoms with Crippen molar-refractivity contribution in [3.05, 3.63) is 28.5 Å². The molecule has 1 fully saturated rings. The number of carbonyl (C=O) groups is 1. The van der Waals surface area contributed by atoms with Crippen LogP contribution in [0, 0.1) is 11.7 Å². The van der Waals surface area contributed by atoms with Gasteiger partial charge in [0, 0.05) is 17.6 Å². The molecule has 7 heteroatoms. The van der Waals surface area contributed by atoms with Crippen LogP contribution in [-0.4, -0.2) is 37.0 Å². The van der Waals surface area contributed by atoms with E-state index in [-0.39, 0.29) is 30.7 Å². The van der Waals surface area contributed by atoms with Crippen LogP contribution < -0.4 is 10.5 Å². The predicted octanol–water partition coefficient (Wildman–Crippen LogP) is 2.20. The zero-order valence-electron chi connectivity index (χ0n) is 10.9. The summed E-state index contributed by atoms with van der Waals surface area (Å²) in [5.41, 5.74) is 5.57. The van der Waals surface area contributed by atoms with E-state index < -0.39 is 5.82 Å². The normalized spacial score (nSPS) is 17.8. The molecule has 0 aliphatic carbocycles. The molecule has 0 spiro atoms. The van der Waals surface area contributed by atoms with Crippen LogP contribution in [0.3, 0.4) is 0 Å². The summed E-state index contributed by atoms with van der Waals surface area (Å²) in [6.07, 6.45) is 0.925. The molecule has 1 saturated heterocycles. The minimum absolute atomic E-state index is 0. The first-order chi connectivity index (χ1) is 9.10. The fourth-order valence-corrected chi connectivity index (χ4v) is 2.41. The molecule has 1 unspecified atom stereocenters. The maximum Gasteiger partial charge on any atom is 0.260 e. The second kappa shape index (κ2) is 7.81. The standard InChI is InChI=1S/C13H16BrFN2O2.ClH/c14-10-1-2-12(11(15)5-10)19-8-13(18)17-4-3-9(6-16)7-17;/h1-2,5,9H,3-4,6-8,16H2;1H. The summed E-state index contributed by atoms with van der Waals surface area (Å²) in [6, 6.07) is 4.47. The molecule has 4 nitrogen and oxygen atoms in total. The lowest BCUT2D eigenvalue weighted by atomic mass is 10.1. The minimum atomic E-state index is -0.483. The molecule has 1 aromatic carbocycles. The first-order valence-electron chi connectivity index (χ1n) is 6.16. The van der Waals surface area contributed by atoms with Crippen molar-refractivity contribution in [2.24, 2.45) is 11.7 Å². The number of benzene rings is 1. The van der Waals surface area contributed by atoms with Gasteiger partial charge >= 0.3 is 0 Å². The van der Waals surface area contributed by atoms with Crippen molar-refractivity contribution in [1.29, 1.82) is 0 Å². The van der Waals surface area contributed by atoms with E-state index in [2.05, 4.69) is 15.9 Å². The van der Waals surface area contributed by atoms with E-state index in [1.54, 1.807) is 11.0 Å². The summed E-state index contributed by atoms with van der Waals surface area (Å²) in [5, 5.41) is 0. The van der Waals surface area contributed by atoms with Crippen molar-refractivity contribution in [1.82, 2.24) is 4.90 Å². The number of nitrogens with two attached hydrogens (primary N) is 1. The first kappa shape index (κ1) is 17.2. The number of rotatable bonds is 4. The molecule has 1 atom stereocenters. The van der Waals surface area contributed by atoms with Gasteiger partial charge in [-0.15, -0.1) is 12.4 Å². The van der Waals surface area contributed by atoms with Gasteiger partial charge in [-0.25, -0.2) is 4.39 Å². The van der Waals surface area contributed by atoms with Crippen LogP contribution in [0.15, 0.2) is 22.7 Å². The number of hydrogen-bond donors (Lipinski definition) is 1. The lowest BCUT2D eigenvalue weighted by molar-refractivity contribution is -0.132. The van der Waals surface area contributed by atoms with E-state index in [4.69, 9.17) is 10.5 Å². The SMILES string of the molecule is Cl.NCC1CCN(C(=O)COc2ccc(Br)cc2F)C1. The predicted molar refractivity (Wildman–Crippen MR) is 80.6 cm³/mol. The molecule has 0 radical (unpaired) electrons. The van der Waals surface area contributed by atoms with Gasteiger partial charge in [-0.05, 0) is 37.1 Å². The summed E-state index contributed by atoms with van der Waals surface area (Å²) >= 11 is 3.16. The highest BCUT2D eigenvalue weighted by atomic mass is 79.9. The number of nitrogens with zero attached hydrogens (tertiary/aromatic N) is 1. The molecular weight excluding hydrogens is 351 g/mol. The van der Waals surface area contributed by atoms with Gasteiger partial charge < -0.3 is 15.4 Å². The second-order valence-electron chi connectivity index (χ2n) is 4.59. The Morgan fingerprint density at radius 1 is 1.55 bits per heavy atom. The number of amides is 1. The Morgan fingerprint density at radius 3 is 2.90 bits per heavy atom. The molecule has 0 aromatic heterocycles. The van der Waals surface area contributed by atoms with Gasteiger partial charge in [0.2, 0.25) is 0 Å². The van der Waals surface area contributed by atoms with E-state index in [9.17, 15) is 9.18 Å². The molecule has 1 aliphatic heterocycles. The Morgan fingerprint density at radius 2 is 2.30 bits per heavy atom.